The van der Waals surface area contributed by atoms with E-state index < -0.39 is 0 Å². The molecule has 0 atom stereocenters. The Morgan fingerprint density at radius 3 is 3.00 bits per heavy atom. The minimum Gasteiger partial charge on any atom is -0.504 e. The molecule has 3 heteroatoms. The van der Waals surface area contributed by atoms with Crippen LogP contribution >= 0.6 is 15.9 Å². The van der Waals surface area contributed by atoms with Crippen LogP contribution in [0.5, 0.6) is 0 Å². The van der Waals surface area contributed by atoms with Crippen molar-refractivity contribution in [3.63, 3.8) is 0 Å². The molecule has 58 valence electrons. The van der Waals surface area contributed by atoms with Crippen molar-refractivity contribution in [2.24, 2.45) is 0 Å². The van der Waals surface area contributed by atoms with Gasteiger partial charge in [0.1, 0.15) is 4.60 Å². The normalized spacial score (nSPS) is 10.4. The SMILES string of the molecule is COC=Cc1cccc(Br)n1. The summed E-state index contributed by atoms with van der Waals surface area (Å²) in [5, 5.41) is 0. The second-order valence-corrected chi connectivity index (χ2v) is 2.74. The molecule has 1 aromatic rings. The highest BCUT2D eigenvalue weighted by molar-refractivity contribution is 9.10. The summed E-state index contributed by atoms with van der Waals surface area (Å²) in [4.78, 5) is 4.16. The van der Waals surface area contributed by atoms with Gasteiger partial charge in [0, 0.05) is 0 Å². The molecule has 0 spiro atoms. The van der Waals surface area contributed by atoms with Crippen LogP contribution in [-0.2, 0) is 4.74 Å². The molecule has 1 heterocycles. The Morgan fingerprint density at radius 1 is 1.55 bits per heavy atom. The molecule has 0 aliphatic rings. The number of aromatic nitrogens is 1. The number of nitrogens with zero attached hydrogens (tertiary/aromatic N) is 1. The van der Waals surface area contributed by atoms with Crippen LogP contribution < -0.4 is 0 Å². The molecule has 0 bridgehead atoms. The molecule has 0 N–H and O–H groups in total. The highest BCUT2D eigenvalue weighted by Gasteiger charge is 1.88. The molecule has 0 saturated heterocycles. The smallest absolute Gasteiger partial charge is 0.106 e. The lowest BCUT2D eigenvalue weighted by Crippen LogP contribution is -1.79. The van der Waals surface area contributed by atoms with E-state index in [1.807, 2.05) is 18.2 Å². The minimum atomic E-state index is 0.829. The third-order valence-corrected chi connectivity index (χ3v) is 1.55. The van der Waals surface area contributed by atoms with E-state index in [1.165, 1.54) is 0 Å². The van der Waals surface area contributed by atoms with E-state index in [0.717, 1.165) is 10.3 Å². The Hall–Kier alpha value is -0.830. The summed E-state index contributed by atoms with van der Waals surface area (Å²) < 4.78 is 5.58. The van der Waals surface area contributed by atoms with E-state index in [4.69, 9.17) is 4.74 Å². The van der Waals surface area contributed by atoms with Crippen LogP contribution in [0.4, 0.5) is 0 Å². The number of rotatable bonds is 2. The number of pyridine rings is 1. The van der Waals surface area contributed by atoms with Gasteiger partial charge in [0.2, 0.25) is 0 Å². The summed E-state index contributed by atoms with van der Waals surface area (Å²) in [6, 6.07) is 5.71. The topological polar surface area (TPSA) is 22.1 Å². The molecule has 2 nitrogen and oxygen atoms in total. The second-order valence-electron chi connectivity index (χ2n) is 1.92. The van der Waals surface area contributed by atoms with E-state index in [1.54, 1.807) is 19.4 Å². The Labute approximate surface area is 74.0 Å². The van der Waals surface area contributed by atoms with Gasteiger partial charge < -0.3 is 4.74 Å². The van der Waals surface area contributed by atoms with E-state index in [-0.39, 0.29) is 0 Å². The van der Waals surface area contributed by atoms with Gasteiger partial charge in [-0.2, -0.15) is 0 Å². The fourth-order valence-corrected chi connectivity index (χ4v) is 1.01. The van der Waals surface area contributed by atoms with Crippen LogP contribution in [0.15, 0.2) is 29.1 Å². The molecule has 0 radical (unpaired) electrons. The minimum absolute atomic E-state index is 0.829. The largest absolute Gasteiger partial charge is 0.504 e. The standard InChI is InChI=1S/C8H8BrNO/c1-11-6-5-7-3-2-4-8(9)10-7/h2-6H,1H3. The average molecular weight is 214 g/mol. The summed E-state index contributed by atoms with van der Waals surface area (Å²) >= 11 is 3.27. The molecular weight excluding hydrogens is 206 g/mol. The maximum absolute atomic E-state index is 4.75. The van der Waals surface area contributed by atoms with Crippen LogP contribution in [0, 0.1) is 0 Å². The van der Waals surface area contributed by atoms with Gasteiger partial charge in [0.15, 0.2) is 0 Å². The third-order valence-electron chi connectivity index (χ3n) is 1.11. The molecule has 0 amide bonds. The zero-order valence-electron chi connectivity index (χ0n) is 6.12. The maximum Gasteiger partial charge on any atom is 0.106 e. The summed E-state index contributed by atoms with van der Waals surface area (Å²) in [6.45, 7) is 0. The quantitative estimate of drug-likeness (QED) is 0.557. The van der Waals surface area contributed by atoms with Crippen molar-refractivity contribution < 1.29 is 4.74 Å². The molecule has 0 aliphatic heterocycles. The highest BCUT2D eigenvalue weighted by atomic mass is 79.9. The van der Waals surface area contributed by atoms with Crippen molar-refractivity contribution in [2.45, 2.75) is 0 Å². The Bertz CT molecular complexity index is 260. The van der Waals surface area contributed by atoms with E-state index in [0.29, 0.717) is 0 Å². The molecule has 1 rings (SSSR count). The van der Waals surface area contributed by atoms with Gasteiger partial charge >= 0.3 is 0 Å². The van der Waals surface area contributed by atoms with Crippen LogP contribution in [0.3, 0.4) is 0 Å². The summed E-state index contributed by atoms with van der Waals surface area (Å²) in [5.41, 5.74) is 0.876. The van der Waals surface area contributed by atoms with Crippen molar-refractivity contribution in [2.75, 3.05) is 7.11 Å². The van der Waals surface area contributed by atoms with Crippen LogP contribution in [0.25, 0.3) is 6.08 Å². The third kappa shape index (κ3) is 2.72. The van der Waals surface area contributed by atoms with Gasteiger partial charge in [-0.3, -0.25) is 0 Å². The summed E-state index contributed by atoms with van der Waals surface area (Å²) in [7, 11) is 1.61. The fourth-order valence-electron chi connectivity index (χ4n) is 0.655. The van der Waals surface area contributed by atoms with Gasteiger partial charge in [0.25, 0.3) is 0 Å². The highest BCUT2D eigenvalue weighted by Crippen LogP contribution is 2.06. The van der Waals surface area contributed by atoms with Crippen molar-refractivity contribution in [1.82, 2.24) is 4.98 Å². The Morgan fingerprint density at radius 2 is 2.36 bits per heavy atom. The predicted molar refractivity (Wildman–Crippen MR) is 48.0 cm³/mol. The maximum atomic E-state index is 4.75. The van der Waals surface area contributed by atoms with Crippen LogP contribution in [-0.4, -0.2) is 12.1 Å². The number of ether oxygens (including phenoxy) is 1. The zero-order chi connectivity index (χ0) is 8.10. The molecular formula is C8H8BrNO. The Balaban J connectivity index is 2.79. The lowest BCUT2D eigenvalue weighted by Gasteiger charge is -1.92. The molecule has 0 saturated carbocycles. The van der Waals surface area contributed by atoms with Gasteiger partial charge in [-0.25, -0.2) is 4.98 Å². The van der Waals surface area contributed by atoms with Crippen LogP contribution in [0.2, 0.25) is 0 Å². The molecule has 1 aromatic heterocycles. The van der Waals surface area contributed by atoms with Gasteiger partial charge in [-0.05, 0) is 34.1 Å². The van der Waals surface area contributed by atoms with Crippen LogP contribution in [0.1, 0.15) is 5.69 Å². The van der Waals surface area contributed by atoms with Gasteiger partial charge in [-0.15, -0.1) is 0 Å². The molecule has 0 fully saturated rings. The van der Waals surface area contributed by atoms with Crippen molar-refractivity contribution in [1.29, 1.82) is 0 Å². The molecule has 0 aliphatic carbocycles. The lowest BCUT2D eigenvalue weighted by atomic mass is 10.3. The number of hydrogen-bond acceptors (Lipinski definition) is 2. The first-order valence-electron chi connectivity index (χ1n) is 3.15. The van der Waals surface area contributed by atoms with E-state index in [2.05, 4.69) is 20.9 Å². The Kier molecular flexibility index (Phi) is 3.11. The second kappa shape index (κ2) is 4.13. The monoisotopic (exact) mass is 213 g/mol. The van der Waals surface area contributed by atoms with E-state index >= 15 is 0 Å². The van der Waals surface area contributed by atoms with E-state index in [9.17, 15) is 0 Å². The zero-order valence-corrected chi connectivity index (χ0v) is 7.71. The first kappa shape index (κ1) is 8.27. The lowest BCUT2D eigenvalue weighted by molar-refractivity contribution is 0.341. The predicted octanol–water partition coefficient (Wildman–Crippen LogP) is 2.46. The number of halogens is 1. The van der Waals surface area contributed by atoms with Gasteiger partial charge in [0.05, 0.1) is 19.1 Å². The molecule has 11 heavy (non-hydrogen) atoms. The molecule has 0 unspecified atom stereocenters. The number of methoxy groups -OCH3 is 1. The molecule has 0 aromatic carbocycles. The fraction of sp³-hybridized carbons (Fsp3) is 0.125. The van der Waals surface area contributed by atoms with Crippen molar-refractivity contribution in [3.8, 4) is 0 Å². The number of hydrogen-bond donors (Lipinski definition) is 0. The van der Waals surface area contributed by atoms with Gasteiger partial charge in [-0.1, -0.05) is 6.07 Å². The first-order chi connectivity index (χ1) is 5.33. The first-order valence-corrected chi connectivity index (χ1v) is 3.94. The summed E-state index contributed by atoms with van der Waals surface area (Å²) in [5.74, 6) is 0. The van der Waals surface area contributed by atoms with Crippen molar-refractivity contribution in [3.05, 3.63) is 34.8 Å². The van der Waals surface area contributed by atoms with Crippen molar-refractivity contribution >= 4 is 22.0 Å². The summed E-state index contributed by atoms with van der Waals surface area (Å²) in [6.07, 6.45) is 3.39. The average Bonchev–Trinajstić information content (AvgIpc) is 2.01.